The Bertz CT molecular complexity index is 640. The zero-order valence-corrected chi connectivity index (χ0v) is 13.5. The number of benzene rings is 1. The van der Waals surface area contributed by atoms with E-state index in [0.29, 0.717) is 17.2 Å². The van der Waals surface area contributed by atoms with Crippen LogP contribution in [0.3, 0.4) is 0 Å². The second-order valence-electron chi connectivity index (χ2n) is 5.97. The summed E-state index contributed by atoms with van der Waals surface area (Å²) in [5.41, 5.74) is 1.23. The molecule has 0 spiro atoms. The van der Waals surface area contributed by atoms with Gasteiger partial charge in [0.1, 0.15) is 0 Å². The van der Waals surface area contributed by atoms with E-state index in [1.165, 1.54) is 12.3 Å². The number of sulfone groups is 1. The van der Waals surface area contributed by atoms with Crippen LogP contribution in [-0.4, -0.2) is 26.7 Å². The maximum Gasteiger partial charge on any atom is 0.319 e. The van der Waals surface area contributed by atoms with Crippen LogP contribution >= 0.6 is 0 Å². The Labute approximate surface area is 126 Å². The molecule has 2 atom stereocenters. The minimum absolute atomic E-state index is 0.233. The topological polar surface area (TPSA) is 75.3 Å². The first kappa shape index (κ1) is 15.8. The zero-order valence-electron chi connectivity index (χ0n) is 12.6. The Morgan fingerprint density at radius 2 is 2.00 bits per heavy atom. The predicted molar refractivity (Wildman–Crippen MR) is 83.2 cm³/mol. The van der Waals surface area contributed by atoms with Crippen LogP contribution in [-0.2, 0) is 9.84 Å². The standard InChI is InChI=1S/C15H22N2O3S/c1-10-4-5-12(8-10)16-15(18)17-13-6-7-14(11(2)9-13)21(3,19)20/h6-7,9-10,12H,4-5,8H2,1-3H3,(H2,16,17,18)/t10-,12+/m1/s1. The number of carbonyl (C=O) groups excluding carboxylic acids is 1. The summed E-state index contributed by atoms with van der Waals surface area (Å²) in [6, 6.07) is 4.81. The molecule has 2 rings (SSSR count). The normalized spacial score (nSPS) is 22.0. The van der Waals surface area contributed by atoms with Crippen molar-refractivity contribution in [3.63, 3.8) is 0 Å². The molecule has 0 saturated heterocycles. The van der Waals surface area contributed by atoms with Gasteiger partial charge >= 0.3 is 6.03 Å². The number of nitrogens with one attached hydrogen (secondary N) is 2. The van der Waals surface area contributed by atoms with Crippen molar-refractivity contribution in [3.05, 3.63) is 23.8 Å². The molecule has 0 heterocycles. The molecule has 21 heavy (non-hydrogen) atoms. The quantitative estimate of drug-likeness (QED) is 0.901. The van der Waals surface area contributed by atoms with Gasteiger partial charge in [-0.05, 0) is 55.9 Å². The molecule has 0 bridgehead atoms. The number of amides is 2. The van der Waals surface area contributed by atoms with Crippen LogP contribution in [0.5, 0.6) is 0 Å². The van der Waals surface area contributed by atoms with Crippen molar-refractivity contribution in [3.8, 4) is 0 Å². The third-order valence-corrected chi connectivity index (χ3v) is 5.12. The third kappa shape index (κ3) is 4.20. The summed E-state index contributed by atoms with van der Waals surface area (Å²) < 4.78 is 23.1. The van der Waals surface area contributed by atoms with Crippen LogP contribution in [0.1, 0.15) is 31.7 Å². The van der Waals surface area contributed by atoms with Gasteiger partial charge < -0.3 is 10.6 Å². The van der Waals surface area contributed by atoms with E-state index in [1.807, 2.05) is 0 Å². The molecule has 0 aliphatic heterocycles. The van der Waals surface area contributed by atoms with Crippen LogP contribution in [0.25, 0.3) is 0 Å². The molecule has 1 aliphatic rings. The molecule has 0 unspecified atom stereocenters. The van der Waals surface area contributed by atoms with E-state index >= 15 is 0 Å². The number of hydrogen-bond acceptors (Lipinski definition) is 3. The lowest BCUT2D eigenvalue weighted by Gasteiger charge is -2.14. The molecule has 116 valence electrons. The first-order chi connectivity index (χ1) is 9.75. The van der Waals surface area contributed by atoms with Gasteiger partial charge in [-0.1, -0.05) is 6.92 Å². The minimum Gasteiger partial charge on any atom is -0.335 e. The van der Waals surface area contributed by atoms with Gasteiger partial charge in [0.15, 0.2) is 9.84 Å². The van der Waals surface area contributed by atoms with Gasteiger partial charge in [0.05, 0.1) is 4.90 Å². The highest BCUT2D eigenvalue weighted by molar-refractivity contribution is 7.90. The van der Waals surface area contributed by atoms with Crippen molar-refractivity contribution in [1.82, 2.24) is 5.32 Å². The second kappa shape index (κ2) is 6.05. The molecule has 1 aliphatic carbocycles. The van der Waals surface area contributed by atoms with Crippen LogP contribution in [0, 0.1) is 12.8 Å². The summed E-state index contributed by atoms with van der Waals surface area (Å²) in [5, 5.41) is 5.71. The molecule has 2 amide bonds. The number of carbonyl (C=O) groups is 1. The summed E-state index contributed by atoms with van der Waals surface area (Å²) in [6.07, 6.45) is 4.35. The van der Waals surface area contributed by atoms with Gasteiger partial charge in [0, 0.05) is 18.0 Å². The van der Waals surface area contributed by atoms with Crippen molar-refractivity contribution in [2.45, 2.75) is 44.0 Å². The lowest BCUT2D eigenvalue weighted by atomic mass is 10.1. The number of hydrogen-bond donors (Lipinski definition) is 2. The van der Waals surface area contributed by atoms with E-state index in [1.54, 1.807) is 19.1 Å². The molecule has 6 heteroatoms. The third-order valence-electron chi connectivity index (χ3n) is 3.86. The number of urea groups is 1. The van der Waals surface area contributed by atoms with Gasteiger partial charge in [-0.25, -0.2) is 13.2 Å². The van der Waals surface area contributed by atoms with E-state index in [-0.39, 0.29) is 17.0 Å². The van der Waals surface area contributed by atoms with Crippen LogP contribution in [0.2, 0.25) is 0 Å². The van der Waals surface area contributed by atoms with E-state index in [4.69, 9.17) is 0 Å². The predicted octanol–water partition coefficient (Wildman–Crippen LogP) is 2.71. The average Bonchev–Trinajstić information content (AvgIpc) is 2.72. The Morgan fingerprint density at radius 1 is 1.29 bits per heavy atom. The lowest BCUT2D eigenvalue weighted by molar-refractivity contribution is 0.248. The number of aryl methyl sites for hydroxylation is 1. The summed E-state index contributed by atoms with van der Waals surface area (Å²) in [4.78, 5) is 12.2. The molecule has 1 fully saturated rings. The van der Waals surface area contributed by atoms with Crippen LogP contribution < -0.4 is 10.6 Å². The zero-order chi connectivity index (χ0) is 15.6. The number of rotatable bonds is 3. The Hall–Kier alpha value is -1.56. The lowest BCUT2D eigenvalue weighted by Crippen LogP contribution is -2.36. The maximum atomic E-state index is 11.9. The van der Waals surface area contributed by atoms with Crippen molar-refractivity contribution in [2.75, 3.05) is 11.6 Å². The highest BCUT2D eigenvalue weighted by Gasteiger charge is 2.22. The Balaban J connectivity index is 2.00. The van der Waals surface area contributed by atoms with Crippen molar-refractivity contribution >= 4 is 21.6 Å². The highest BCUT2D eigenvalue weighted by atomic mass is 32.2. The van der Waals surface area contributed by atoms with E-state index in [2.05, 4.69) is 17.6 Å². The first-order valence-electron chi connectivity index (χ1n) is 7.14. The van der Waals surface area contributed by atoms with Crippen molar-refractivity contribution < 1.29 is 13.2 Å². The smallest absolute Gasteiger partial charge is 0.319 e. The monoisotopic (exact) mass is 310 g/mol. The molecule has 0 radical (unpaired) electrons. The molecular formula is C15H22N2O3S. The van der Waals surface area contributed by atoms with E-state index in [9.17, 15) is 13.2 Å². The molecule has 5 nitrogen and oxygen atoms in total. The fraction of sp³-hybridized carbons (Fsp3) is 0.533. The maximum absolute atomic E-state index is 11.9. The Morgan fingerprint density at radius 3 is 2.52 bits per heavy atom. The van der Waals surface area contributed by atoms with Gasteiger partial charge in [-0.15, -0.1) is 0 Å². The van der Waals surface area contributed by atoms with Gasteiger partial charge in [0.2, 0.25) is 0 Å². The molecule has 0 aromatic heterocycles. The molecule has 1 saturated carbocycles. The van der Waals surface area contributed by atoms with Gasteiger partial charge in [-0.2, -0.15) is 0 Å². The minimum atomic E-state index is -3.23. The highest BCUT2D eigenvalue weighted by Crippen LogP contribution is 2.25. The van der Waals surface area contributed by atoms with E-state index in [0.717, 1.165) is 19.3 Å². The number of anilines is 1. The molecule has 1 aromatic carbocycles. The molecule has 1 aromatic rings. The summed E-state index contributed by atoms with van der Waals surface area (Å²) >= 11 is 0. The van der Waals surface area contributed by atoms with Crippen molar-refractivity contribution in [1.29, 1.82) is 0 Å². The Kier molecular flexibility index (Phi) is 4.56. The van der Waals surface area contributed by atoms with Crippen LogP contribution in [0.4, 0.5) is 10.5 Å². The van der Waals surface area contributed by atoms with E-state index < -0.39 is 9.84 Å². The fourth-order valence-electron chi connectivity index (χ4n) is 2.83. The van der Waals surface area contributed by atoms with Crippen LogP contribution in [0.15, 0.2) is 23.1 Å². The average molecular weight is 310 g/mol. The van der Waals surface area contributed by atoms with Crippen molar-refractivity contribution in [2.24, 2.45) is 5.92 Å². The fourth-order valence-corrected chi connectivity index (χ4v) is 3.79. The second-order valence-corrected chi connectivity index (χ2v) is 7.95. The summed E-state index contributed by atoms with van der Waals surface area (Å²) in [5.74, 6) is 0.659. The van der Waals surface area contributed by atoms with Gasteiger partial charge in [-0.3, -0.25) is 0 Å². The molecule has 2 N–H and O–H groups in total. The molecular weight excluding hydrogens is 288 g/mol. The SMILES string of the molecule is Cc1cc(NC(=O)N[C@H]2CC[C@@H](C)C2)ccc1S(C)(=O)=O. The largest absolute Gasteiger partial charge is 0.335 e. The first-order valence-corrected chi connectivity index (χ1v) is 9.03. The van der Waals surface area contributed by atoms with Gasteiger partial charge in [0.25, 0.3) is 0 Å². The summed E-state index contributed by atoms with van der Waals surface area (Å²) in [6.45, 7) is 3.91. The summed E-state index contributed by atoms with van der Waals surface area (Å²) in [7, 11) is -3.23.